The number of carbonyl (C=O) groups is 1. The molecule has 0 radical (unpaired) electrons. The van der Waals surface area contributed by atoms with Gasteiger partial charge >= 0.3 is 0 Å². The van der Waals surface area contributed by atoms with Gasteiger partial charge in [-0.1, -0.05) is 11.6 Å². The summed E-state index contributed by atoms with van der Waals surface area (Å²) >= 11 is 5.15. The van der Waals surface area contributed by atoms with Gasteiger partial charge in [0.05, 0.1) is 0 Å². The Labute approximate surface area is 65.8 Å². The molecular weight excluding hydrogens is 176 g/mol. The summed E-state index contributed by atoms with van der Waals surface area (Å²) in [5, 5.41) is -0.506. The quantitative estimate of drug-likeness (QED) is 0.484. The number of pyridine rings is 1. The van der Waals surface area contributed by atoms with Gasteiger partial charge in [0.25, 0.3) is 0 Å². The van der Waals surface area contributed by atoms with Crippen molar-refractivity contribution in [2.45, 2.75) is 0 Å². The van der Waals surface area contributed by atoms with E-state index < -0.39 is 22.5 Å². The zero-order chi connectivity index (χ0) is 8.43. The van der Waals surface area contributed by atoms with Crippen LogP contribution < -0.4 is 0 Å². The minimum absolute atomic E-state index is 0.167. The fraction of sp³-hybridized carbons (Fsp3) is 0. The number of hydrogen-bond acceptors (Lipinski definition) is 2. The summed E-state index contributed by atoms with van der Waals surface area (Å²) < 4.78 is 24.8. The zero-order valence-electron chi connectivity index (χ0n) is 5.14. The first kappa shape index (κ1) is 8.07. The van der Waals surface area contributed by atoms with E-state index in [0.29, 0.717) is 6.07 Å². The second-order valence-electron chi connectivity index (χ2n) is 1.75. The Hall–Kier alpha value is -1.03. The van der Waals surface area contributed by atoms with Crippen LogP contribution in [0, 0.1) is 11.6 Å². The molecule has 0 fully saturated rings. The molecule has 0 unspecified atom stereocenters. The van der Waals surface area contributed by atoms with Crippen LogP contribution in [0.4, 0.5) is 8.78 Å². The SMILES string of the molecule is O=Cc1nc(Cl)c(F)cc1F. The van der Waals surface area contributed by atoms with E-state index in [4.69, 9.17) is 11.6 Å². The van der Waals surface area contributed by atoms with Crippen molar-refractivity contribution in [3.8, 4) is 0 Å². The van der Waals surface area contributed by atoms with E-state index in [0.717, 1.165) is 0 Å². The molecule has 0 spiro atoms. The molecule has 1 aromatic heterocycles. The summed E-state index contributed by atoms with van der Waals surface area (Å²) in [6, 6.07) is 0.513. The molecule has 11 heavy (non-hydrogen) atoms. The highest BCUT2D eigenvalue weighted by molar-refractivity contribution is 6.29. The molecule has 0 N–H and O–H groups in total. The first-order chi connectivity index (χ1) is 5.15. The molecule has 58 valence electrons. The highest BCUT2D eigenvalue weighted by atomic mass is 35.5. The van der Waals surface area contributed by atoms with Gasteiger partial charge in [0.15, 0.2) is 23.1 Å². The molecule has 2 nitrogen and oxygen atoms in total. The molecule has 1 rings (SSSR count). The minimum atomic E-state index is -1.01. The van der Waals surface area contributed by atoms with Gasteiger partial charge in [-0.05, 0) is 0 Å². The summed E-state index contributed by atoms with van der Waals surface area (Å²) in [5.41, 5.74) is -0.489. The van der Waals surface area contributed by atoms with E-state index in [-0.39, 0.29) is 6.29 Å². The number of rotatable bonds is 1. The van der Waals surface area contributed by atoms with Gasteiger partial charge in [0.2, 0.25) is 0 Å². The van der Waals surface area contributed by atoms with Crippen LogP contribution in [-0.4, -0.2) is 11.3 Å². The van der Waals surface area contributed by atoms with Gasteiger partial charge in [0, 0.05) is 6.07 Å². The molecule has 0 saturated carbocycles. The number of aromatic nitrogens is 1. The zero-order valence-corrected chi connectivity index (χ0v) is 5.90. The number of halogens is 3. The first-order valence-corrected chi connectivity index (χ1v) is 2.99. The lowest BCUT2D eigenvalue weighted by Gasteiger charge is -1.95. The third-order valence-electron chi connectivity index (χ3n) is 1.03. The van der Waals surface area contributed by atoms with Gasteiger partial charge < -0.3 is 0 Å². The summed E-state index contributed by atoms with van der Waals surface area (Å²) in [7, 11) is 0. The van der Waals surface area contributed by atoms with Crippen LogP contribution in [0.15, 0.2) is 6.07 Å². The van der Waals surface area contributed by atoms with Gasteiger partial charge in [-0.25, -0.2) is 13.8 Å². The van der Waals surface area contributed by atoms with Crippen molar-refractivity contribution in [3.63, 3.8) is 0 Å². The van der Waals surface area contributed by atoms with Gasteiger partial charge in [-0.2, -0.15) is 0 Å². The first-order valence-electron chi connectivity index (χ1n) is 2.62. The number of nitrogens with zero attached hydrogens (tertiary/aromatic N) is 1. The molecule has 0 atom stereocenters. The minimum Gasteiger partial charge on any atom is -0.296 e. The van der Waals surface area contributed by atoms with Crippen molar-refractivity contribution < 1.29 is 13.6 Å². The van der Waals surface area contributed by atoms with Crippen LogP contribution in [0.5, 0.6) is 0 Å². The maximum absolute atomic E-state index is 12.4. The van der Waals surface area contributed by atoms with Crippen molar-refractivity contribution in [2.75, 3.05) is 0 Å². The topological polar surface area (TPSA) is 30.0 Å². The molecule has 1 heterocycles. The van der Waals surface area contributed by atoms with Crippen molar-refractivity contribution in [1.82, 2.24) is 4.98 Å². The Balaban J connectivity index is 3.31. The monoisotopic (exact) mass is 177 g/mol. The fourth-order valence-electron chi connectivity index (χ4n) is 0.540. The van der Waals surface area contributed by atoms with Gasteiger partial charge in [-0.3, -0.25) is 4.79 Å². The van der Waals surface area contributed by atoms with Gasteiger partial charge in [0.1, 0.15) is 5.69 Å². The molecule has 5 heteroatoms. The number of hydrogen-bond donors (Lipinski definition) is 0. The van der Waals surface area contributed by atoms with Crippen LogP contribution in [0.3, 0.4) is 0 Å². The van der Waals surface area contributed by atoms with E-state index in [1.54, 1.807) is 0 Å². The predicted octanol–water partition coefficient (Wildman–Crippen LogP) is 1.83. The smallest absolute Gasteiger partial charge is 0.171 e. The van der Waals surface area contributed by atoms with E-state index in [2.05, 4.69) is 4.98 Å². The molecule has 0 aliphatic carbocycles. The van der Waals surface area contributed by atoms with Crippen LogP contribution >= 0.6 is 11.6 Å². The molecule has 1 aromatic rings. The van der Waals surface area contributed by atoms with Crippen LogP contribution in [0.25, 0.3) is 0 Å². The molecule has 0 aromatic carbocycles. The highest BCUT2D eigenvalue weighted by Crippen LogP contribution is 2.13. The highest BCUT2D eigenvalue weighted by Gasteiger charge is 2.08. The fourth-order valence-corrected chi connectivity index (χ4v) is 0.686. The Kier molecular flexibility index (Phi) is 2.14. The van der Waals surface area contributed by atoms with Crippen LogP contribution in [0.1, 0.15) is 10.5 Å². The summed E-state index contributed by atoms with van der Waals surface area (Å²) in [4.78, 5) is 13.1. The standard InChI is InChI=1S/C6H2ClF2NO/c7-6-4(9)1-3(8)5(2-11)10-6/h1-2H. The molecule has 0 amide bonds. The Bertz CT molecular complexity index is 303. The third kappa shape index (κ3) is 1.51. The molecular formula is C6H2ClF2NO. The largest absolute Gasteiger partial charge is 0.296 e. The Morgan fingerprint density at radius 1 is 1.45 bits per heavy atom. The Morgan fingerprint density at radius 3 is 2.64 bits per heavy atom. The Morgan fingerprint density at radius 2 is 2.09 bits per heavy atom. The third-order valence-corrected chi connectivity index (χ3v) is 1.29. The number of carbonyl (C=O) groups excluding carboxylic acids is 1. The van der Waals surface area contributed by atoms with E-state index in [1.165, 1.54) is 0 Å². The maximum Gasteiger partial charge on any atom is 0.171 e. The molecule has 0 saturated heterocycles. The van der Waals surface area contributed by atoms with Crippen molar-refractivity contribution >= 4 is 17.9 Å². The summed E-state index contributed by atoms with van der Waals surface area (Å²) in [6.45, 7) is 0. The van der Waals surface area contributed by atoms with Crippen molar-refractivity contribution in [3.05, 3.63) is 28.5 Å². The van der Waals surface area contributed by atoms with Crippen molar-refractivity contribution in [2.24, 2.45) is 0 Å². The van der Waals surface area contributed by atoms with E-state index in [9.17, 15) is 13.6 Å². The molecule has 0 aliphatic rings. The predicted molar refractivity (Wildman–Crippen MR) is 34.6 cm³/mol. The van der Waals surface area contributed by atoms with E-state index >= 15 is 0 Å². The lowest BCUT2D eigenvalue weighted by molar-refractivity contribution is 0.111. The van der Waals surface area contributed by atoms with Crippen molar-refractivity contribution in [1.29, 1.82) is 0 Å². The average molecular weight is 178 g/mol. The second kappa shape index (κ2) is 2.92. The van der Waals surface area contributed by atoms with Gasteiger partial charge in [-0.15, -0.1) is 0 Å². The van der Waals surface area contributed by atoms with Crippen LogP contribution in [0.2, 0.25) is 5.15 Å². The molecule has 0 aliphatic heterocycles. The molecule has 0 bridgehead atoms. The summed E-state index contributed by atoms with van der Waals surface area (Å²) in [6.07, 6.45) is 0.167. The second-order valence-corrected chi connectivity index (χ2v) is 2.10. The van der Waals surface area contributed by atoms with Crippen LogP contribution in [-0.2, 0) is 0 Å². The normalized spacial score (nSPS) is 9.73. The lowest BCUT2D eigenvalue weighted by Crippen LogP contribution is -1.95. The average Bonchev–Trinajstić information content (AvgIpc) is 1.97. The number of aldehydes is 1. The summed E-state index contributed by atoms with van der Waals surface area (Å²) in [5.74, 6) is -1.99. The maximum atomic E-state index is 12.4. The van der Waals surface area contributed by atoms with E-state index in [1.807, 2.05) is 0 Å². The lowest BCUT2D eigenvalue weighted by atomic mass is 10.3.